The maximum Gasteiger partial charge on any atom is 0.141 e. The van der Waals surface area contributed by atoms with Crippen LogP contribution >= 0.6 is 0 Å². The average molecular weight is 183 g/mol. The van der Waals surface area contributed by atoms with Crippen molar-refractivity contribution in [3.05, 3.63) is 0 Å². The van der Waals surface area contributed by atoms with Crippen LogP contribution in [-0.2, 0) is 4.79 Å². The third kappa shape index (κ3) is 2.53. The molecule has 2 atom stereocenters. The molecule has 1 rings (SSSR count). The van der Waals surface area contributed by atoms with Crippen molar-refractivity contribution in [1.29, 1.82) is 0 Å². The van der Waals surface area contributed by atoms with Crippen molar-refractivity contribution in [1.82, 2.24) is 0 Å². The first-order valence-electron chi connectivity index (χ1n) is 5.19. The molecule has 1 aliphatic carbocycles. The second-order valence-corrected chi connectivity index (χ2v) is 5.23. The third-order valence-electron chi connectivity index (χ3n) is 2.98. The number of hydrogen-bond acceptors (Lipinski definition) is 2. The minimum Gasteiger partial charge on any atom is -0.330 e. The van der Waals surface area contributed by atoms with E-state index in [4.69, 9.17) is 5.73 Å². The molecule has 0 aromatic heterocycles. The molecule has 2 heteroatoms. The summed E-state index contributed by atoms with van der Waals surface area (Å²) in [6.45, 7) is 6.76. The van der Waals surface area contributed by atoms with Crippen LogP contribution in [0.25, 0.3) is 0 Å². The summed E-state index contributed by atoms with van der Waals surface area (Å²) in [6, 6.07) is 0. The van der Waals surface area contributed by atoms with Crippen molar-refractivity contribution in [2.75, 3.05) is 6.54 Å². The van der Waals surface area contributed by atoms with Gasteiger partial charge >= 0.3 is 0 Å². The van der Waals surface area contributed by atoms with Gasteiger partial charge in [0.2, 0.25) is 0 Å². The molecule has 76 valence electrons. The number of rotatable bonds is 2. The Bertz CT molecular complexity index is 193. The van der Waals surface area contributed by atoms with Crippen molar-refractivity contribution in [2.45, 2.75) is 40.0 Å². The molecule has 0 spiro atoms. The van der Waals surface area contributed by atoms with Gasteiger partial charge in [-0.2, -0.15) is 0 Å². The van der Waals surface area contributed by atoms with Crippen LogP contribution in [0.5, 0.6) is 0 Å². The quantitative estimate of drug-likeness (QED) is 0.711. The van der Waals surface area contributed by atoms with Crippen LogP contribution in [0.4, 0.5) is 0 Å². The lowest BCUT2D eigenvalue weighted by Crippen LogP contribution is -2.27. The molecule has 0 saturated heterocycles. The summed E-state index contributed by atoms with van der Waals surface area (Å²) < 4.78 is 0. The van der Waals surface area contributed by atoms with Crippen LogP contribution in [-0.4, -0.2) is 12.3 Å². The van der Waals surface area contributed by atoms with Gasteiger partial charge < -0.3 is 5.73 Å². The maximum absolute atomic E-state index is 11.9. The highest BCUT2D eigenvalue weighted by Crippen LogP contribution is 2.35. The van der Waals surface area contributed by atoms with Gasteiger partial charge in [-0.3, -0.25) is 4.79 Å². The van der Waals surface area contributed by atoms with E-state index in [2.05, 4.69) is 0 Å². The average Bonchev–Trinajstić information content (AvgIpc) is 2.48. The minimum absolute atomic E-state index is 0.172. The van der Waals surface area contributed by atoms with E-state index in [1.54, 1.807) is 0 Å². The first kappa shape index (κ1) is 10.7. The summed E-state index contributed by atoms with van der Waals surface area (Å²) in [6.07, 6.45) is 3.22. The van der Waals surface area contributed by atoms with Crippen LogP contribution in [0.15, 0.2) is 0 Å². The molecule has 0 heterocycles. The molecular formula is C11H21NO. The summed E-state index contributed by atoms with van der Waals surface area (Å²) in [7, 11) is 0. The fourth-order valence-electron chi connectivity index (χ4n) is 2.14. The van der Waals surface area contributed by atoms with Crippen LogP contribution in [0.2, 0.25) is 0 Å². The van der Waals surface area contributed by atoms with E-state index in [1.165, 1.54) is 0 Å². The molecule has 0 amide bonds. The lowest BCUT2D eigenvalue weighted by molar-refractivity contribution is -0.130. The Hall–Kier alpha value is -0.370. The number of Topliss-reactive ketones (excluding diaryl/α,β-unsaturated/α-hetero) is 1. The largest absolute Gasteiger partial charge is 0.330 e. The summed E-state index contributed by atoms with van der Waals surface area (Å²) in [4.78, 5) is 11.9. The van der Waals surface area contributed by atoms with Gasteiger partial charge in [-0.05, 0) is 31.7 Å². The van der Waals surface area contributed by atoms with Crippen molar-refractivity contribution in [2.24, 2.45) is 23.0 Å². The van der Waals surface area contributed by atoms with Crippen molar-refractivity contribution in [3.63, 3.8) is 0 Å². The molecule has 0 bridgehead atoms. The highest BCUT2D eigenvalue weighted by molar-refractivity contribution is 5.86. The first-order chi connectivity index (χ1) is 5.95. The molecule has 2 N–H and O–H groups in total. The monoisotopic (exact) mass is 183 g/mol. The topological polar surface area (TPSA) is 43.1 Å². The molecule has 0 aliphatic heterocycles. The first-order valence-corrected chi connectivity index (χ1v) is 5.19. The normalized spacial score (nSPS) is 29.2. The van der Waals surface area contributed by atoms with E-state index < -0.39 is 0 Å². The molecule has 2 nitrogen and oxygen atoms in total. The second-order valence-electron chi connectivity index (χ2n) is 5.23. The van der Waals surface area contributed by atoms with Crippen LogP contribution < -0.4 is 5.73 Å². The lowest BCUT2D eigenvalue weighted by atomic mass is 9.82. The predicted molar refractivity (Wildman–Crippen MR) is 54.3 cm³/mol. The SMILES string of the molecule is CC(C)(C)C(=O)C1CCC(CN)C1. The van der Waals surface area contributed by atoms with Crippen molar-refractivity contribution < 1.29 is 4.79 Å². The smallest absolute Gasteiger partial charge is 0.141 e. The highest BCUT2D eigenvalue weighted by Gasteiger charge is 2.34. The van der Waals surface area contributed by atoms with Crippen LogP contribution in [0.1, 0.15) is 40.0 Å². The molecular weight excluding hydrogens is 162 g/mol. The Kier molecular flexibility index (Phi) is 3.12. The molecule has 1 saturated carbocycles. The lowest BCUT2D eigenvalue weighted by Gasteiger charge is -2.21. The Morgan fingerprint density at radius 2 is 2.00 bits per heavy atom. The Morgan fingerprint density at radius 3 is 2.38 bits per heavy atom. The Labute approximate surface area is 80.9 Å². The summed E-state index contributed by atoms with van der Waals surface area (Å²) in [5, 5.41) is 0. The van der Waals surface area contributed by atoms with Gasteiger partial charge in [-0.15, -0.1) is 0 Å². The number of nitrogens with two attached hydrogens (primary N) is 1. The molecule has 0 aromatic carbocycles. The van der Waals surface area contributed by atoms with E-state index in [-0.39, 0.29) is 11.3 Å². The van der Waals surface area contributed by atoms with Gasteiger partial charge in [-0.1, -0.05) is 20.8 Å². The van der Waals surface area contributed by atoms with Crippen LogP contribution in [0.3, 0.4) is 0 Å². The van der Waals surface area contributed by atoms with E-state index in [0.29, 0.717) is 11.7 Å². The van der Waals surface area contributed by atoms with E-state index in [0.717, 1.165) is 25.8 Å². The second kappa shape index (κ2) is 3.79. The van der Waals surface area contributed by atoms with Crippen molar-refractivity contribution >= 4 is 5.78 Å². The Balaban J connectivity index is 2.52. The minimum atomic E-state index is -0.172. The Morgan fingerprint density at radius 1 is 1.38 bits per heavy atom. The number of carbonyl (C=O) groups is 1. The van der Waals surface area contributed by atoms with Gasteiger partial charge in [0.25, 0.3) is 0 Å². The molecule has 0 aromatic rings. The summed E-state index contributed by atoms with van der Waals surface area (Å²) in [5.74, 6) is 1.30. The fraction of sp³-hybridized carbons (Fsp3) is 0.909. The maximum atomic E-state index is 11.9. The number of ketones is 1. The zero-order chi connectivity index (χ0) is 10.1. The van der Waals surface area contributed by atoms with Gasteiger partial charge in [0.1, 0.15) is 5.78 Å². The van der Waals surface area contributed by atoms with E-state index in [9.17, 15) is 4.79 Å². The van der Waals surface area contributed by atoms with Gasteiger partial charge in [0, 0.05) is 11.3 Å². The zero-order valence-electron chi connectivity index (χ0n) is 8.97. The van der Waals surface area contributed by atoms with Gasteiger partial charge in [-0.25, -0.2) is 0 Å². The standard InChI is InChI=1S/C11H21NO/c1-11(2,3)10(13)9-5-4-8(6-9)7-12/h8-9H,4-7,12H2,1-3H3. The fourth-order valence-corrected chi connectivity index (χ4v) is 2.14. The van der Waals surface area contributed by atoms with Gasteiger partial charge in [0.05, 0.1) is 0 Å². The van der Waals surface area contributed by atoms with E-state index in [1.807, 2.05) is 20.8 Å². The van der Waals surface area contributed by atoms with Crippen molar-refractivity contribution in [3.8, 4) is 0 Å². The van der Waals surface area contributed by atoms with E-state index >= 15 is 0 Å². The summed E-state index contributed by atoms with van der Waals surface area (Å²) >= 11 is 0. The highest BCUT2D eigenvalue weighted by atomic mass is 16.1. The molecule has 1 fully saturated rings. The van der Waals surface area contributed by atoms with Crippen LogP contribution in [0, 0.1) is 17.3 Å². The third-order valence-corrected chi connectivity index (χ3v) is 2.98. The molecule has 13 heavy (non-hydrogen) atoms. The zero-order valence-corrected chi connectivity index (χ0v) is 8.97. The molecule has 0 radical (unpaired) electrons. The summed E-state index contributed by atoms with van der Waals surface area (Å²) in [5.41, 5.74) is 5.42. The van der Waals surface area contributed by atoms with Gasteiger partial charge in [0.15, 0.2) is 0 Å². The molecule has 2 unspecified atom stereocenters. The molecule has 1 aliphatic rings. The number of hydrogen-bond donors (Lipinski definition) is 1. The number of carbonyl (C=O) groups excluding carboxylic acids is 1. The predicted octanol–water partition coefficient (Wildman–Crippen LogP) is 1.98.